The van der Waals surface area contributed by atoms with Crippen molar-refractivity contribution >= 4 is 130 Å². The molecule has 0 fully saturated rings. The largest absolute Gasteiger partial charge is 0.309 e. The minimum Gasteiger partial charge on any atom is -0.309 e. The van der Waals surface area contributed by atoms with E-state index in [-0.39, 0.29) is 0 Å². The first-order chi connectivity index (χ1) is 58.4. The molecule has 0 aliphatic heterocycles. The van der Waals surface area contributed by atoms with Crippen molar-refractivity contribution in [3.63, 3.8) is 0 Å². The molecule has 20 aromatic carbocycles. The number of benzene rings is 20. The van der Waals surface area contributed by atoms with E-state index >= 15 is 0 Å². The van der Waals surface area contributed by atoms with Crippen molar-refractivity contribution in [1.82, 2.24) is 34.1 Å². The van der Waals surface area contributed by atoms with Crippen LogP contribution in [0, 0.1) is 22.7 Å². The quantitative estimate of drug-likeness (QED) is 0.125. The second kappa shape index (κ2) is 27.2. The Labute approximate surface area is 677 Å². The van der Waals surface area contributed by atoms with Crippen LogP contribution in [0.2, 0.25) is 0 Å². The van der Waals surface area contributed by atoms with Gasteiger partial charge in [0.2, 0.25) is 0 Å². The van der Waals surface area contributed by atoms with Gasteiger partial charge < -0.3 is 9.13 Å². The lowest BCUT2D eigenvalue weighted by Crippen LogP contribution is -2.00. The molecule has 4 heterocycles. The van der Waals surface area contributed by atoms with Gasteiger partial charge in [-0.25, -0.2) is 24.9 Å². The highest BCUT2D eigenvalue weighted by Gasteiger charge is 2.26. The lowest BCUT2D eigenvalue weighted by atomic mass is 9.88. The van der Waals surface area contributed by atoms with Gasteiger partial charge in [-0.05, 0) is 212 Å². The molecule has 0 spiro atoms. The zero-order valence-electron chi connectivity index (χ0n) is 63.4. The molecule has 4 aromatic heterocycles. The molecule has 0 saturated heterocycles. The van der Waals surface area contributed by atoms with Crippen molar-refractivity contribution in [2.45, 2.75) is 0 Å². The van der Waals surface area contributed by atoms with E-state index in [0.29, 0.717) is 34.4 Å². The van der Waals surface area contributed by atoms with Gasteiger partial charge in [0.1, 0.15) is 0 Å². The average Bonchev–Trinajstić information content (AvgIpc) is 1.48. The smallest absolute Gasteiger partial charge is 0.164 e. The number of nitriles is 2. The van der Waals surface area contributed by atoms with Gasteiger partial charge in [-0.3, -0.25) is 0 Å². The molecule has 0 bridgehead atoms. The number of aromatic nitrogens is 7. The van der Waals surface area contributed by atoms with E-state index in [0.717, 1.165) is 160 Å². The van der Waals surface area contributed by atoms with Crippen LogP contribution in [0.4, 0.5) is 0 Å². The molecule has 24 rings (SSSR count). The van der Waals surface area contributed by atoms with Gasteiger partial charge in [-0.1, -0.05) is 279 Å². The molecule has 0 saturated carbocycles. The maximum absolute atomic E-state index is 10.0. The molecule has 24 aromatic rings. The van der Waals surface area contributed by atoms with Crippen LogP contribution >= 0.6 is 0 Å². The summed E-state index contributed by atoms with van der Waals surface area (Å²) in [6.45, 7) is 0. The molecule has 544 valence electrons. The molecule has 9 heteroatoms. The van der Waals surface area contributed by atoms with Crippen molar-refractivity contribution in [2.75, 3.05) is 0 Å². The summed E-state index contributed by atoms with van der Waals surface area (Å²) >= 11 is 0. The summed E-state index contributed by atoms with van der Waals surface area (Å²) in [7, 11) is 0. The summed E-state index contributed by atoms with van der Waals surface area (Å²) < 4.78 is 4.65. The van der Waals surface area contributed by atoms with Crippen LogP contribution in [0.15, 0.2) is 382 Å². The van der Waals surface area contributed by atoms with Crippen molar-refractivity contribution in [3.8, 4) is 114 Å². The number of rotatable bonds is 10. The van der Waals surface area contributed by atoms with E-state index in [4.69, 9.17) is 24.9 Å². The Morgan fingerprint density at radius 3 is 0.814 bits per heavy atom. The summed E-state index contributed by atoms with van der Waals surface area (Å²) in [4.78, 5) is 25.9. The van der Waals surface area contributed by atoms with Crippen molar-refractivity contribution < 1.29 is 0 Å². The van der Waals surface area contributed by atoms with E-state index in [1.165, 1.54) is 48.7 Å². The molecule has 0 radical (unpaired) electrons. The molecule has 0 N–H and O–H groups in total. The van der Waals surface area contributed by atoms with Gasteiger partial charge in [-0.15, -0.1) is 0 Å². The number of hydrogen-bond acceptors (Lipinski definition) is 7. The minimum absolute atomic E-state index is 0.632. The molecule has 0 aliphatic carbocycles. The normalized spacial score (nSPS) is 11.7. The molecule has 0 aliphatic rings. The highest BCUT2D eigenvalue weighted by molar-refractivity contribution is 6.30. The molecular weight excluding hydrogens is 1440 g/mol. The fraction of sp³-hybridized carbons (Fsp3) is 0. The lowest BCUT2D eigenvalue weighted by molar-refractivity contribution is 1.08. The lowest BCUT2D eigenvalue weighted by Gasteiger charge is -2.17. The van der Waals surface area contributed by atoms with Crippen LogP contribution in [0.25, 0.3) is 231 Å². The van der Waals surface area contributed by atoms with Crippen LogP contribution in [-0.2, 0) is 0 Å². The van der Waals surface area contributed by atoms with Crippen molar-refractivity contribution in [1.29, 1.82) is 10.5 Å². The van der Waals surface area contributed by atoms with Crippen LogP contribution in [0.5, 0.6) is 0 Å². The third-order valence-electron chi connectivity index (χ3n) is 23.7. The fourth-order valence-corrected chi connectivity index (χ4v) is 18.4. The topological polar surface area (TPSA) is 122 Å². The minimum atomic E-state index is 0.632. The Balaban J connectivity index is 0.000000138. The van der Waals surface area contributed by atoms with Gasteiger partial charge >= 0.3 is 0 Å². The number of hydrogen-bond donors (Lipinski definition) is 0. The van der Waals surface area contributed by atoms with E-state index in [1.54, 1.807) is 0 Å². The fourth-order valence-electron chi connectivity index (χ4n) is 18.4. The SMILES string of the molecule is N#Cc1cc2ccc3cc(-c4cc5c6ccccc6c(-c6nc(-c7ccccc7)cc(-c7ccccc7)n6)cc5c5ccccc45)cc4c3c2c(c1)n4-c1ccccc1.N#Cc1cc2ccc3cc(-c4cc5c6ccccc6c(-c6nc(-c7ccccc7)nc(-c7ccccc7)n6)cc5c5ccccc45)cc4c3c2c(c1)n4-c1ccccc1. The first-order valence-corrected chi connectivity index (χ1v) is 39.6. The average molecular weight is 1500 g/mol. The van der Waals surface area contributed by atoms with Gasteiger partial charge in [0, 0.05) is 66.3 Å². The molecular formula is C109H63N9. The Morgan fingerprint density at radius 2 is 0.466 bits per heavy atom. The molecule has 9 nitrogen and oxygen atoms in total. The van der Waals surface area contributed by atoms with Crippen LogP contribution in [0.3, 0.4) is 0 Å². The maximum Gasteiger partial charge on any atom is 0.164 e. The van der Waals surface area contributed by atoms with Crippen LogP contribution < -0.4 is 0 Å². The Kier molecular flexibility index (Phi) is 15.5. The molecule has 0 unspecified atom stereocenters. The summed E-state index contributed by atoms with van der Waals surface area (Å²) in [5, 5.41) is 43.1. The highest BCUT2D eigenvalue weighted by atomic mass is 15.0. The molecule has 0 amide bonds. The first-order valence-electron chi connectivity index (χ1n) is 39.6. The summed E-state index contributed by atoms with van der Waals surface area (Å²) in [5.74, 6) is 2.60. The zero-order chi connectivity index (χ0) is 78.1. The third-order valence-corrected chi connectivity index (χ3v) is 23.7. The predicted octanol–water partition coefficient (Wildman–Crippen LogP) is 27.7. The van der Waals surface area contributed by atoms with Crippen LogP contribution in [-0.4, -0.2) is 34.1 Å². The van der Waals surface area contributed by atoms with Crippen molar-refractivity contribution in [3.05, 3.63) is 393 Å². The Hall–Kier alpha value is -16.3. The van der Waals surface area contributed by atoms with Crippen molar-refractivity contribution in [2.24, 2.45) is 0 Å². The van der Waals surface area contributed by atoms with Gasteiger partial charge in [0.25, 0.3) is 0 Å². The van der Waals surface area contributed by atoms with Gasteiger partial charge in [0.15, 0.2) is 23.3 Å². The maximum atomic E-state index is 10.0. The monoisotopic (exact) mass is 1500 g/mol. The number of para-hydroxylation sites is 2. The van der Waals surface area contributed by atoms with E-state index < -0.39 is 0 Å². The summed E-state index contributed by atoms with van der Waals surface area (Å²) in [5.41, 5.74) is 20.0. The number of fused-ring (bicyclic) bond motifs is 10. The summed E-state index contributed by atoms with van der Waals surface area (Å²) in [6, 6.07) is 139. The summed E-state index contributed by atoms with van der Waals surface area (Å²) in [6.07, 6.45) is 0. The second-order valence-electron chi connectivity index (χ2n) is 30.4. The van der Waals surface area contributed by atoms with E-state index in [2.05, 4.69) is 294 Å². The first kappa shape index (κ1) is 67.4. The Morgan fingerprint density at radius 1 is 0.195 bits per heavy atom. The van der Waals surface area contributed by atoms with E-state index in [9.17, 15) is 10.5 Å². The Bertz CT molecular complexity index is 7690. The second-order valence-corrected chi connectivity index (χ2v) is 30.4. The predicted molar refractivity (Wildman–Crippen MR) is 486 cm³/mol. The van der Waals surface area contributed by atoms with Gasteiger partial charge in [0.05, 0.1) is 56.7 Å². The van der Waals surface area contributed by atoms with E-state index in [1.807, 2.05) is 109 Å². The van der Waals surface area contributed by atoms with Gasteiger partial charge in [-0.2, -0.15) is 10.5 Å². The third kappa shape index (κ3) is 11.0. The molecule has 118 heavy (non-hydrogen) atoms. The highest BCUT2D eigenvalue weighted by Crippen LogP contribution is 2.49. The standard InChI is InChI=1S/C55H32N4.C54H31N5/c56-33-34-26-37-24-25-38-28-39(29-52-54(38)53(37)51(27-34)59(52)40-18-8-3-9-19-40)45-30-46-43-22-12-13-23-44(43)48(31-47(46)42-21-11-10-20-41(42)45)55-57-49(35-14-4-1-5-15-35)32-50(58-55)36-16-6-2-7-17-36;55-32-33-26-36-24-25-37-28-38(29-49-51(37)50(36)48(27-33)59(49)39-18-8-3-9-19-39)44-30-45-42-22-12-13-23-43(42)47(31-46(45)41-21-11-10-20-40(41)44)54-57-52(34-14-4-1-5-15-34)56-53(58-54)35-16-6-2-7-17-35/h1-32H;1-31H. The van der Waals surface area contributed by atoms with Crippen LogP contribution in [0.1, 0.15) is 11.1 Å². The number of nitrogens with zero attached hydrogens (tertiary/aromatic N) is 9. The molecule has 0 atom stereocenters. The zero-order valence-corrected chi connectivity index (χ0v) is 63.4.